The van der Waals surface area contributed by atoms with Crippen LogP contribution in [-0.4, -0.2) is 34.8 Å². The van der Waals surface area contributed by atoms with Crippen LogP contribution in [0.2, 0.25) is 0 Å². The molecule has 0 spiro atoms. The van der Waals surface area contributed by atoms with E-state index in [1.807, 2.05) is 26.1 Å². The van der Waals surface area contributed by atoms with Crippen molar-refractivity contribution in [3.05, 3.63) is 46.8 Å². The third-order valence-electron chi connectivity index (χ3n) is 3.57. The summed E-state index contributed by atoms with van der Waals surface area (Å²) in [5.41, 5.74) is 3.28. The fraction of sp³-hybridized carbons (Fsp3) is 0.412. The number of carbonyl (C=O) groups is 1. The maximum atomic E-state index is 10.5. The number of nitrogens with zero attached hydrogens (tertiary/aromatic N) is 2. The van der Waals surface area contributed by atoms with Gasteiger partial charge in [0.1, 0.15) is 11.5 Å². The monoisotopic (exact) mass is 318 g/mol. The maximum Gasteiger partial charge on any atom is 0.341 e. The Morgan fingerprint density at radius 2 is 2.00 bits per heavy atom. The third-order valence-corrected chi connectivity index (χ3v) is 3.57. The Balaban J connectivity index is 1.93. The van der Waals surface area contributed by atoms with E-state index >= 15 is 0 Å². The van der Waals surface area contributed by atoms with Gasteiger partial charge in [0.05, 0.1) is 5.69 Å². The number of hydrogen-bond donors (Lipinski definition) is 1. The average Bonchev–Trinajstić information content (AvgIpc) is 2.87. The molecule has 0 atom stereocenters. The molecule has 0 bridgehead atoms. The van der Waals surface area contributed by atoms with Gasteiger partial charge in [-0.25, -0.2) is 4.79 Å². The van der Waals surface area contributed by atoms with Crippen LogP contribution in [0, 0.1) is 6.92 Å². The van der Waals surface area contributed by atoms with Gasteiger partial charge in [-0.2, -0.15) is 0 Å². The largest absolute Gasteiger partial charge is 0.482 e. The summed E-state index contributed by atoms with van der Waals surface area (Å²) in [6, 6.07) is 7.45. The highest BCUT2D eigenvalue weighted by Crippen LogP contribution is 2.18. The van der Waals surface area contributed by atoms with Crippen LogP contribution in [0.1, 0.15) is 29.5 Å². The van der Waals surface area contributed by atoms with Crippen LogP contribution in [0.25, 0.3) is 0 Å². The zero-order chi connectivity index (χ0) is 16.8. The minimum absolute atomic E-state index is 0.328. The van der Waals surface area contributed by atoms with Gasteiger partial charge in [-0.15, -0.1) is 0 Å². The topological polar surface area (TPSA) is 75.8 Å². The summed E-state index contributed by atoms with van der Waals surface area (Å²) in [7, 11) is 2.04. The molecule has 0 aliphatic carbocycles. The van der Waals surface area contributed by atoms with Gasteiger partial charge >= 0.3 is 5.97 Å². The van der Waals surface area contributed by atoms with E-state index in [0.717, 1.165) is 42.1 Å². The second kappa shape index (κ2) is 7.78. The summed E-state index contributed by atoms with van der Waals surface area (Å²) in [6.45, 7) is 5.22. The van der Waals surface area contributed by atoms with Crippen LogP contribution in [-0.2, 0) is 24.3 Å². The minimum atomic E-state index is -0.982. The molecule has 1 heterocycles. The molecule has 0 saturated carbocycles. The van der Waals surface area contributed by atoms with E-state index in [0.29, 0.717) is 5.75 Å². The molecule has 0 aliphatic heterocycles. The summed E-state index contributed by atoms with van der Waals surface area (Å²) in [6.07, 6.45) is 0.857. The number of aryl methyl sites for hydroxylation is 2. The molecule has 6 nitrogen and oxygen atoms in total. The fourth-order valence-electron chi connectivity index (χ4n) is 2.39. The van der Waals surface area contributed by atoms with E-state index in [-0.39, 0.29) is 6.61 Å². The number of carboxylic acids is 1. The smallest absolute Gasteiger partial charge is 0.341 e. The van der Waals surface area contributed by atoms with Crippen molar-refractivity contribution in [1.82, 2.24) is 10.1 Å². The summed E-state index contributed by atoms with van der Waals surface area (Å²) < 4.78 is 10.4. The van der Waals surface area contributed by atoms with E-state index in [1.54, 1.807) is 12.1 Å². The Morgan fingerprint density at radius 3 is 2.61 bits per heavy atom. The molecule has 0 radical (unpaired) electrons. The lowest BCUT2D eigenvalue weighted by Crippen LogP contribution is -2.18. The Bertz CT molecular complexity index is 649. The summed E-state index contributed by atoms with van der Waals surface area (Å²) in [5.74, 6) is 0.442. The Kier molecular flexibility index (Phi) is 5.76. The van der Waals surface area contributed by atoms with Gasteiger partial charge in [0.25, 0.3) is 0 Å². The van der Waals surface area contributed by atoms with Gasteiger partial charge in [0, 0.05) is 18.7 Å². The molecule has 124 valence electrons. The molecule has 1 N–H and O–H groups in total. The van der Waals surface area contributed by atoms with Crippen molar-refractivity contribution in [1.29, 1.82) is 0 Å². The first-order valence-corrected chi connectivity index (χ1v) is 7.55. The maximum absolute atomic E-state index is 10.5. The molecule has 0 fully saturated rings. The SMILES string of the molecule is CCc1noc(C)c1CN(C)Cc1ccc(OCC(=O)O)cc1. The van der Waals surface area contributed by atoms with Crippen LogP contribution < -0.4 is 4.74 Å². The van der Waals surface area contributed by atoms with Crippen LogP contribution >= 0.6 is 0 Å². The molecular formula is C17H22N2O4. The second-order valence-electron chi connectivity index (χ2n) is 5.52. The highest BCUT2D eigenvalue weighted by molar-refractivity contribution is 5.68. The zero-order valence-electron chi connectivity index (χ0n) is 13.7. The lowest BCUT2D eigenvalue weighted by Gasteiger charge is -2.17. The summed E-state index contributed by atoms with van der Waals surface area (Å²) in [5, 5.41) is 12.7. The lowest BCUT2D eigenvalue weighted by atomic mass is 10.1. The number of hydrogen-bond acceptors (Lipinski definition) is 5. The van der Waals surface area contributed by atoms with Gasteiger partial charge in [0.15, 0.2) is 6.61 Å². The predicted octanol–water partition coefficient (Wildman–Crippen LogP) is 2.64. The average molecular weight is 318 g/mol. The van der Waals surface area contributed by atoms with E-state index in [9.17, 15) is 4.79 Å². The van der Waals surface area contributed by atoms with E-state index in [4.69, 9.17) is 14.4 Å². The quantitative estimate of drug-likeness (QED) is 0.806. The first-order chi connectivity index (χ1) is 11.0. The molecule has 2 aromatic rings. The molecule has 23 heavy (non-hydrogen) atoms. The van der Waals surface area contributed by atoms with E-state index < -0.39 is 5.97 Å². The third kappa shape index (κ3) is 4.82. The van der Waals surface area contributed by atoms with Crippen molar-refractivity contribution in [3.8, 4) is 5.75 Å². The van der Waals surface area contributed by atoms with Crippen molar-refractivity contribution < 1.29 is 19.2 Å². The number of carboxylic acid groups (broad SMARTS) is 1. The van der Waals surface area contributed by atoms with Crippen molar-refractivity contribution in [2.24, 2.45) is 0 Å². The fourth-order valence-corrected chi connectivity index (χ4v) is 2.39. The minimum Gasteiger partial charge on any atom is -0.482 e. The normalized spacial score (nSPS) is 11.0. The van der Waals surface area contributed by atoms with Gasteiger partial charge in [0.2, 0.25) is 0 Å². The van der Waals surface area contributed by atoms with Gasteiger partial charge in [-0.3, -0.25) is 4.90 Å². The Hall–Kier alpha value is -2.34. The van der Waals surface area contributed by atoms with E-state index in [1.165, 1.54) is 0 Å². The molecule has 0 unspecified atom stereocenters. The molecule has 1 aromatic heterocycles. The van der Waals surface area contributed by atoms with Gasteiger partial charge in [-0.1, -0.05) is 24.2 Å². The molecule has 1 aromatic carbocycles. The first-order valence-electron chi connectivity index (χ1n) is 7.55. The predicted molar refractivity (Wildman–Crippen MR) is 85.4 cm³/mol. The highest BCUT2D eigenvalue weighted by Gasteiger charge is 2.13. The number of ether oxygens (including phenoxy) is 1. The van der Waals surface area contributed by atoms with E-state index in [2.05, 4.69) is 17.0 Å². The van der Waals surface area contributed by atoms with Crippen molar-refractivity contribution in [2.45, 2.75) is 33.4 Å². The molecule has 0 amide bonds. The number of rotatable bonds is 8. The molecular weight excluding hydrogens is 296 g/mol. The number of aliphatic carboxylic acids is 1. The summed E-state index contributed by atoms with van der Waals surface area (Å²) >= 11 is 0. The van der Waals surface area contributed by atoms with Crippen molar-refractivity contribution >= 4 is 5.97 Å². The lowest BCUT2D eigenvalue weighted by molar-refractivity contribution is -0.139. The van der Waals surface area contributed by atoms with Crippen LogP contribution in [0.5, 0.6) is 5.75 Å². The van der Waals surface area contributed by atoms with Crippen LogP contribution in [0.3, 0.4) is 0 Å². The van der Waals surface area contributed by atoms with Crippen molar-refractivity contribution in [3.63, 3.8) is 0 Å². The molecule has 6 heteroatoms. The second-order valence-corrected chi connectivity index (χ2v) is 5.52. The first kappa shape index (κ1) is 17.0. The highest BCUT2D eigenvalue weighted by atomic mass is 16.5. The van der Waals surface area contributed by atoms with Crippen molar-refractivity contribution in [2.75, 3.05) is 13.7 Å². The number of benzene rings is 1. The van der Waals surface area contributed by atoms with Gasteiger partial charge < -0.3 is 14.4 Å². The summed E-state index contributed by atoms with van der Waals surface area (Å²) in [4.78, 5) is 12.7. The molecule has 0 saturated heterocycles. The van der Waals surface area contributed by atoms with Crippen LogP contribution in [0.15, 0.2) is 28.8 Å². The Morgan fingerprint density at radius 1 is 1.30 bits per heavy atom. The Labute approximate surface area is 135 Å². The standard InChI is InChI=1S/C17H22N2O4/c1-4-16-15(12(2)23-18-16)10-19(3)9-13-5-7-14(8-6-13)22-11-17(20)21/h5-8H,4,9-11H2,1-3H3,(H,20,21). The molecule has 0 aliphatic rings. The zero-order valence-corrected chi connectivity index (χ0v) is 13.7. The molecule has 2 rings (SSSR count). The van der Waals surface area contributed by atoms with Gasteiger partial charge in [-0.05, 0) is 38.1 Å². The number of aromatic nitrogens is 1. The van der Waals surface area contributed by atoms with Crippen LogP contribution in [0.4, 0.5) is 0 Å².